The molecule has 9 atom stereocenters. The second-order valence-corrected chi connectivity index (χ2v) is 5.90. The number of rotatable bonds is 3. The van der Waals surface area contributed by atoms with Crippen LogP contribution in [0, 0.1) is 0 Å². The van der Waals surface area contributed by atoms with Crippen molar-refractivity contribution in [2.45, 2.75) is 55.0 Å². The van der Waals surface area contributed by atoms with Gasteiger partial charge >= 0.3 is 0 Å². The highest BCUT2D eigenvalue weighted by atomic mass is 16.7. The van der Waals surface area contributed by atoms with Crippen molar-refractivity contribution < 1.29 is 40.1 Å². The van der Waals surface area contributed by atoms with Crippen molar-refractivity contribution in [1.29, 1.82) is 0 Å². The van der Waals surface area contributed by atoms with Gasteiger partial charge in [-0.25, -0.2) is 0 Å². The van der Waals surface area contributed by atoms with Crippen LogP contribution in [-0.4, -0.2) is 98.9 Å². The summed E-state index contributed by atoms with van der Waals surface area (Å²) in [6, 6.07) is -1.56. The third-order valence-corrected chi connectivity index (χ3v) is 4.51. The fraction of sp³-hybridized carbons (Fsp3) is 0.846. The lowest BCUT2D eigenvalue weighted by atomic mass is 9.86. The van der Waals surface area contributed by atoms with Gasteiger partial charge in [0.15, 0.2) is 6.29 Å². The highest BCUT2D eigenvalue weighted by molar-refractivity contribution is 5.22. The number of nitrogens with one attached hydrogen (secondary N) is 1. The summed E-state index contributed by atoms with van der Waals surface area (Å²) in [5, 5.41) is 61.8. The number of hydrogen-bond acceptors (Lipinski definition) is 9. The highest BCUT2D eigenvalue weighted by Gasteiger charge is 2.51. The van der Waals surface area contributed by atoms with Crippen molar-refractivity contribution in [3.8, 4) is 0 Å². The number of aliphatic hydroxyl groups is 6. The molecule has 0 saturated carbocycles. The molecule has 0 aromatic heterocycles. The van der Waals surface area contributed by atoms with E-state index in [9.17, 15) is 30.6 Å². The second-order valence-electron chi connectivity index (χ2n) is 5.90. The molecule has 2 saturated heterocycles. The van der Waals surface area contributed by atoms with Crippen molar-refractivity contribution in [2.75, 3.05) is 13.2 Å². The normalized spacial score (nSPS) is 51.7. The van der Waals surface area contributed by atoms with Crippen molar-refractivity contribution in [2.24, 2.45) is 0 Å². The van der Waals surface area contributed by atoms with E-state index >= 15 is 0 Å². The molecule has 7 N–H and O–H groups in total. The highest BCUT2D eigenvalue weighted by Crippen LogP contribution is 2.29. The largest absolute Gasteiger partial charge is 0.392 e. The third-order valence-electron chi connectivity index (χ3n) is 4.51. The molecule has 126 valence electrons. The Morgan fingerprint density at radius 2 is 1.77 bits per heavy atom. The first-order chi connectivity index (χ1) is 10.4. The summed E-state index contributed by atoms with van der Waals surface area (Å²) in [4.78, 5) is 0. The quantitative estimate of drug-likeness (QED) is 0.257. The standard InChI is InChI=1S/C13H21NO8/c15-2-4-1-5(9(17)11(19)8(4)16)14-7-6-3-21-13(22-6)12(20)10(7)18/h1,5-20H,2-3H2/t5-,6-,7-,8+,9?,10?,11-,12-,13-/m1/s1. The number of aliphatic hydroxyl groups excluding tert-OH is 6. The number of hydrogen-bond donors (Lipinski definition) is 7. The first-order valence-corrected chi connectivity index (χ1v) is 7.19. The first kappa shape index (κ1) is 16.2. The van der Waals surface area contributed by atoms with E-state index in [4.69, 9.17) is 9.47 Å². The lowest BCUT2D eigenvalue weighted by molar-refractivity contribution is -0.204. The van der Waals surface area contributed by atoms with Crippen LogP contribution >= 0.6 is 0 Å². The molecule has 2 fully saturated rings. The van der Waals surface area contributed by atoms with Crippen molar-refractivity contribution in [3.63, 3.8) is 0 Å². The van der Waals surface area contributed by atoms with Crippen molar-refractivity contribution >= 4 is 0 Å². The molecular weight excluding hydrogens is 298 g/mol. The summed E-state index contributed by atoms with van der Waals surface area (Å²) < 4.78 is 10.6. The zero-order valence-corrected chi connectivity index (χ0v) is 11.7. The zero-order valence-electron chi connectivity index (χ0n) is 11.7. The van der Waals surface area contributed by atoms with Crippen LogP contribution in [0.3, 0.4) is 0 Å². The average molecular weight is 319 g/mol. The molecule has 2 aliphatic heterocycles. The van der Waals surface area contributed by atoms with Gasteiger partial charge in [-0.2, -0.15) is 0 Å². The Kier molecular flexibility index (Phi) is 4.52. The van der Waals surface area contributed by atoms with Crippen LogP contribution < -0.4 is 5.32 Å². The summed E-state index contributed by atoms with van der Waals surface area (Å²) in [6.45, 7) is -0.287. The monoisotopic (exact) mass is 319 g/mol. The molecule has 3 aliphatic rings. The Bertz CT molecular complexity index is 446. The lowest BCUT2D eigenvalue weighted by Crippen LogP contribution is -2.65. The van der Waals surface area contributed by atoms with E-state index in [2.05, 4.69) is 5.32 Å². The van der Waals surface area contributed by atoms with E-state index in [0.29, 0.717) is 0 Å². The molecule has 9 nitrogen and oxygen atoms in total. The van der Waals surface area contributed by atoms with Crippen LogP contribution in [0.15, 0.2) is 11.6 Å². The molecule has 0 aromatic carbocycles. The second kappa shape index (κ2) is 6.11. The Balaban J connectivity index is 1.78. The molecule has 22 heavy (non-hydrogen) atoms. The zero-order chi connectivity index (χ0) is 16.0. The van der Waals surface area contributed by atoms with Crippen molar-refractivity contribution in [3.05, 3.63) is 11.6 Å². The first-order valence-electron chi connectivity index (χ1n) is 7.19. The SMILES string of the molecule is OCC1=C[C@@H](N[C@H]2C(O)[C@@H](O)[C@@H]3OC[C@H]2O3)C(O)[C@H](O)[C@H]1O. The van der Waals surface area contributed by atoms with E-state index < -0.39 is 61.6 Å². The van der Waals surface area contributed by atoms with Gasteiger partial charge < -0.3 is 45.4 Å². The van der Waals surface area contributed by atoms with E-state index in [1.165, 1.54) is 6.08 Å². The maximum Gasteiger partial charge on any atom is 0.186 e. The number of fused-ring (bicyclic) bond motifs is 2. The molecule has 0 radical (unpaired) electrons. The van der Waals surface area contributed by atoms with Gasteiger partial charge in [0.2, 0.25) is 0 Å². The molecule has 0 spiro atoms. The Morgan fingerprint density at radius 3 is 2.45 bits per heavy atom. The van der Waals surface area contributed by atoms with Gasteiger partial charge in [-0.1, -0.05) is 6.08 Å². The maximum absolute atomic E-state index is 10.1. The maximum atomic E-state index is 10.1. The summed E-state index contributed by atoms with van der Waals surface area (Å²) in [5.41, 5.74) is 0.169. The Hall–Kier alpha value is -0.620. The van der Waals surface area contributed by atoms with Crippen LogP contribution in [-0.2, 0) is 9.47 Å². The molecule has 9 heteroatoms. The lowest BCUT2D eigenvalue weighted by Gasteiger charge is -2.41. The van der Waals surface area contributed by atoms with Gasteiger partial charge in [0.1, 0.15) is 36.6 Å². The van der Waals surface area contributed by atoms with E-state index in [-0.39, 0.29) is 12.2 Å². The fourth-order valence-corrected chi connectivity index (χ4v) is 3.17. The summed E-state index contributed by atoms with van der Waals surface area (Å²) >= 11 is 0. The van der Waals surface area contributed by atoms with Crippen LogP contribution in [0.2, 0.25) is 0 Å². The molecule has 1 aliphatic carbocycles. The van der Waals surface area contributed by atoms with E-state index in [1.54, 1.807) is 0 Å². The van der Waals surface area contributed by atoms with Gasteiger partial charge in [-0.3, -0.25) is 0 Å². The minimum Gasteiger partial charge on any atom is -0.392 e. The number of ether oxygens (including phenoxy) is 2. The predicted octanol–water partition coefficient (Wildman–Crippen LogP) is -4.19. The molecule has 2 heterocycles. The molecule has 0 amide bonds. The fourth-order valence-electron chi connectivity index (χ4n) is 3.17. The van der Waals surface area contributed by atoms with Crippen LogP contribution in [0.1, 0.15) is 0 Å². The summed E-state index contributed by atoms with van der Waals surface area (Å²) in [6.07, 6.45) is -6.53. The minimum atomic E-state index is -1.47. The molecular formula is C13H21NO8. The minimum absolute atomic E-state index is 0.169. The van der Waals surface area contributed by atoms with Gasteiger partial charge in [-0.15, -0.1) is 0 Å². The average Bonchev–Trinajstić information content (AvgIpc) is 2.96. The Morgan fingerprint density at radius 1 is 1.05 bits per heavy atom. The third kappa shape index (κ3) is 2.58. The van der Waals surface area contributed by atoms with Gasteiger partial charge in [-0.05, 0) is 5.57 Å². The molecule has 0 aromatic rings. The molecule has 2 unspecified atom stereocenters. The molecule has 3 rings (SSSR count). The van der Waals surface area contributed by atoms with Crippen LogP contribution in [0.5, 0.6) is 0 Å². The summed E-state index contributed by atoms with van der Waals surface area (Å²) in [7, 11) is 0. The topological polar surface area (TPSA) is 152 Å². The van der Waals surface area contributed by atoms with Crippen molar-refractivity contribution in [1.82, 2.24) is 5.32 Å². The van der Waals surface area contributed by atoms with Crippen LogP contribution in [0.4, 0.5) is 0 Å². The van der Waals surface area contributed by atoms with E-state index in [0.717, 1.165) is 0 Å². The van der Waals surface area contributed by atoms with Gasteiger partial charge in [0.25, 0.3) is 0 Å². The summed E-state index contributed by atoms with van der Waals surface area (Å²) in [5.74, 6) is 0. The Labute approximate surface area is 126 Å². The smallest absolute Gasteiger partial charge is 0.186 e. The molecule has 2 bridgehead atoms. The van der Waals surface area contributed by atoms with Crippen LogP contribution in [0.25, 0.3) is 0 Å². The van der Waals surface area contributed by atoms with Gasteiger partial charge in [0.05, 0.1) is 25.3 Å². The predicted molar refractivity (Wildman–Crippen MR) is 70.5 cm³/mol. The van der Waals surface area contributed by atoms with Gasteiger partial charge in [0, 0.05) is 0 Å². The van der Waals surface area contributed by atoms with E-state index in [1.807, 2.05) is 0 Å².